The fraction of sp³-hybridized carbons (Fsp3) is 0.778. The van der Waals surface area contributed by atoms with E-state index in [4.69, 9.17) is 0 Å². The lowest BCUT2D eigenvalue weighted by atomic mass is 9.75. The Morgan fingerprint density at radius 2 is 1.95 bits per heavy atom. The predicted octanol–water partition coefficient (Wildman–Crippen LogP) is 5.05. The fourth-order valence-electron chi connectivity index (χ4n) is 3.54. The maximum atomic E-state index is 3.81. The summed E-state index contributed by atoms with van der Waals surface area (Å²) in [7, 11) is 0. The first-order valence-corrected chi connectivity index (χ1v) is 9.39. The number of hydrogen-bond acceptors (Lipinski definition) is 2. The van der Waals surface area contributed by atoms with Crippen molar-refractivity contribution in [3.8, 4) is 0 Å². The van der Waals surface area contributed by atoms with Crippen molar-refractivity contribution in [2.75, 3.05) is 6.54 Å². The molecule has 0 aliphatic heterocycles. The summed E-state index contributed by atoms with van der Waals surface area (Å²) in [6, 6.07) is 5.45. The standard InChI is InChI=1S/C18H31NS/c1-4-11-19-18-10-7-14(5-2)12-15(18)13-17-9-8-16(6-3)20-17/h8-9,14-15,18-19H,4-7,10-13H2,1-3H3. The third kappa shape index (κ3) is 4.33. The quantitative estimate of drug-likeness (QED) is 0.742. The van der Waals surface area contributed by atoms with Gasteiger partial charge in [-0.15, -0.1) is 11.3 Å². The molecule has 1 aliphatic carbocycles. The molecule has 0 spiro atoms. The molecule has 114 valence electrons. The molecule has 1 aliphatic rings. The number of aryl methyl sites for hydroxylation is 1. The van der Waals surface area contributed by atoms with Crippen LogP contribution in [-0.4, -0.2) is 12.6 Å². The van der Waals surface area contributed by atoms with Gasteiger partial charge < -0.3 is 5.32 Å². The Morgan fingerprint density at radius 3 is 2.60 bits per heavy atom. The highest BCUT2D eigenvalue weighted by molar-refractivity contribution is 7.11. The number of hydrogen-bond donors (Lipinski definition) is 1. The highest BCUT2D eigenvalue weighted by atomic mass is 32.1. The molecule has 0 bridgehead atoms. The first-order chi connectivity index (χ1) is 9.76. The third-order valence-corrected chi connectivity index (χ3v) is 6.11. The Balaban J connectivity index is 1.98. The van der Waals surface area contributed by atoms with E-state index in [2.05, 4.69) is 38.2 Å². The van der Waals surface area contributed by atoms with E-state index in [9.17, 15) is 0 Å². The minimum Gasteiger partial charge on any atom is -0.314 e. The normalized spacial score (nSPS) is 26.9. The average Bonchev–Trinajstić information content (AvgIpc) is 2.93. The van der Waals surface area contributed by atoms with E-state index < -0.39 is 0 Å². The van der Waals surface area contributed by atoms with Crippen molar-refractivity contribution in [3.63, 3.8) is 0 Å². The second-order valence-corrected chi connectivity index (χ2v) is 7.59. The molecule has 1 nitrogen and oxygen atoms in total. The number of rotatable bonds is 7. The van der Waals surface area contributed by atoms with Crippen LogP contribution >= 0.6 is 11.3 Å². The molecule has 3 unspecified atom stereocenters. The molecule has 1 saturated carbocycles. The van der Waals surface area contributed by atoms with Gasteiger partial charge >= 0.3 is 0 Å². The zero-order chi connectivity index (χ0) is 14.4. The molecule has 3 atom stereocenters. The highest BCUT2D eigenvalue weighted by Crippen LogP contribution is 2.34. The van der Waals surface area contributed by atoms with Crippen molar-refractivity contribution in [1.29, 1.82) is 0 Å². The number of thiophene rings is 1. The summed E-state index contributed by atoms with van der Waals surface area (Å²) in [4.78, 5) is 3.15. The zero-order valence-electron chi connectivity index (χ0n) is 13.5. The molecule has 2 heteroatoms. The Hall–Kier alpha value is -0.340. The van der Waals surface area contributed by atoms with E-state index in [0.717, 1.165) is 17.9 Å². The van der Waals surface area contributed by atoms with E-state index in [-0.39, 0.29) is 0 Å². The van der Waals surface area contributed by atoms with Crippen LogP contribution in [0, 0.1) is 11.8 Å². The van der Waals surface area contributed by atoms with Crippen LogP contribution in [0.25, 0.3) is 0 Å². The predicted molar refractivity (Wildman–Crippen MR) is 90.6 cm³/mol. The summed E-state index contributed by atoms with van der Waals surface area (Å²) < 4.78 is 0. The van der Waals surface area contributed by atoms with Crippen molar-refractivity contribution in [3.05, 3.63) is 21.9 Å². The van der Waals surface area contributed by atoms with Crippen LogP contribution in [0.2, 0.25) is 0 Å². The minimum absolute atomic E-state index is 0.755. The van der Waals surface area contributed by atoms with Gasteiger partial charge in [0.25, 0.3) is 0 Å². The lowest BCUT2D eigenvalue weighted by Crippen LogP contribution is -2.41. The molecule has 20 heavy (non-hydrogen) atoms. The molecule has 0 radical (unpaired) electrons. The summed E-state index contributed by atoms with van der Waals surface area (Å²) >= 11 is 2.03. The molecule has 1 N–H and O–H groups in total. The first-order valence-electron chi connectivity index (χ1n) is 8.57. The molecular formula is C18H31NS. The summed E-state index contributed by atoms with van der Waals surface area (Å²) in [6.07, 6.45) is 9.33. The van der Waals surface area contributed by atoms with Crippen LogP contribution < -0.4 is 5.32 Å². The molecule has 1 fully saturated rings. The number of nitrogens with one attached hydrogen (secondary N) is 1. The van der Waals surface area contributed by atoms with Gasteiger partial charge in [-0.3, -0.25) is 0 Å². The van der Waals surface area contributed by atoms with Gasteiger partial charge in [-0.2, -0.15) is 0 Å². The molecule has 0 amide bonds. The molecule has 1 aromatic rings. The lowest BCUT2D eigenvalue weighted by molar-refractivity contribution is 0.199. The van der Waals surface area contributed by atoms with Crippen molar-refractivity contribution in [2.24, 2.45) is 11.8 Å². The topological polar surface area (TPSA) is 12.0 Å². The summed E-state index contributed by atoms with van der Waals surface area (Å²) in [5.41, 5.74) is 0. The maximum Gasteiger partial charge on any atom is 0.00989 e. The van der Waals surface area contributed by atoms with Crippen LogP contribution in [-0.2, 0) is 12.8 Å². The molecule has 1 aromatic heterocycles. The van der Waals surface area contributed by atoms with Gasteiger partial charge in [-0.1, -0.05) is 27.2 Å². The Labute approximate surface area is 129 Å². The third-order valence-electron chi connectivity index (χ3n) is 4.85. The van der Waals surface area contributed by atoms with Gasteiger partial charge in [0.05, 0.1) is 0 Å². The van der Waals surface area contributed by atoms with Crippen molar-refractivity contribution in [2.45, 2.75) is 71.8 Å². The maximum absolute atomic E-state index is 3.81. The van der Waals surface area contributed by atoms with E-state index in [1.54, 1.807) is 9.75 Å². The molecule has 1 heterocycles. The van der Waals surface area contributed by atoms with Crippen molar-refractivity contribution < 1.29 is 0 Å². The fourth-order valence-corrected chi connectivity index (χ4v) is 4.59. The second-order valence-electron chi connectivity index (χ2n) is 6.33. The van der Waals surface area contributed by atoms with Gasteiger partial charge in [0.1, 0.15) is 0 Å². The van der Waals surface area contributed by atoms with Gasteiger partial charge in [0.2, 0.25) is 0 Å². The van der Waals surface area contributed by atoms with Gasteiger partial charge in [-0.25, -0.2) is 0 Å². The van der Waals surface area contributed by atoms with E-state index in [1.165, 1.54) is 51.5 Å². The zero-order valence-corrected chi connectivity index (χ0v) is 14.3. The monoisotopic (exact) mass is 293 g/mol. The second kappa shape index (κ2) is 8.19. The first kappa shape index (κ1) is 16.0. The minimum atomic E-state index is 0.755. The van der Waals surface area contributed by atoms with Crippen LogP contribution in [0.3, 0.4) is 0 Å². The summed E-state index contributed by atoms with van der Waals surface area (Å²) in [5.74, 6) is 1.81. The molecule has 2 rings (SSSR count). The van der Waals surface area contributed by atoms with Crippen LogP contribution in [0.5, 0.6) is 0 Å². The Kier molecular flexibility index (Phi) is 6.57. The van der Waals surface area contributed by atoms with E-state index >= 15 is 0 Å². The van der Waals surface area contributed by atoms with Crippen LogP contribution in [0.15, 0.2) is 12.1 Å². The molecule has 0 saturated heterocycles. The van der Waals surface area contributed by atoms with Crippen LogP contribution in [0.1, 0.15) is 62.6 Å². The summed E-state index contributed by atoms with van der Waals surface area (Å²) in [6.45, 7) is 8.08. The SMILES string of the molecule is CCCNC1CCC(CC)CC1Cc1ccc(CC)s1. The van der Waals surface area contributed by atoms with E-state index in [1.807, 2.05) is 11.3 Å². The summed E-state index contributed by atoms with van der Waals surface area (Å²) in [5, 5.41) is 3.81. The smallest absolute Gasteiger partial charge is 0.00989 e. The average molecular weight is 294 g/mol. The Bertz CT molecular complexity index is 385. The van der Waals surface area contributed by atoms with Gasteiger partial charge in [0.15, 0.2) is 0 Å². The van der Waals surface area contributed by atoms with Crippen LogP contribution in [0.4, 0.5) is 0 Å². The largest absolute Gasteiger partial charge is 0.314 e. The lowest BCUT2D eigenvalue weighted by Gasteiger charge is -2.36. The van der Waals surface area contributed by atoms with E-state index in [0.29, 0.717) is 0 Å². The van der Waals surface area contributed by atoms with Crippen molar-refractivity contribution in [1.82, 2.24) is 5.32 Å². The Morgan fingerprint density at radius 1 is 1.15 bits per heavy atom. The van der Waals surface area contributed by atoms with Gasteiger partial charge in [0, 0.05) is 15.8 Å². The molecule has 0 aromatic carbocycles. The highest BCUT2D eigenvalue weighted by Gasteiger charge is 2.29. The van der Waals surface area contributed by atoms with Gasteiger partial charge in [-0.05, 0) is 69.0 Å². The molecular weight excluding hydrogens is 262 g/mol. The van der Waals surface area contributed by atoms with Crippen molar-refractivity contribution >= 4 is 11.3 Å².